The number of allylic oxidation sites excluding steroid dienone is 1. The Balaban J connectivity index is 1.12. The lowest BCUT2D eigenvalue weighted by Gasteiger charge is -2.19. The van der Waals surface area contributed by atoms with Gasteiger partial charge in [0.15, 0.2) is 0 Å². The van der Waals surface area contributed by atoms with E-state index in [9.17, 15) is 0 Å². The van der Waals surface area contributed by atoms with Crippen molar-refractivity contribution in [3.05, 3.63) is 186 Å². The average Bonchev–Trinajstić information content (AvgIpc) is 3.65. The van der Waals surface area contributed by atoms with Crippen molar-refractivity contribution < 1.29 is 0 Å². The van der Waals surface area contributed by atoms with E-state index in [4.69, 9.17) is 4.98 Å². The molecule has 2 aliphatic rings. The van der Waals surface area contributed by atoms with Crippen LogP contribution in [0.3, 0.4) is 0 Å². The Hall–Kier alpha value is -6.77. The number of benzene rings is 8. The number of rotatable bonds is 5. The highest BCUT2D eigenvalue weighted by molar-refractivity contribution is 6.09. The van der Waals surface area contributed by atoms with Crippen LogP contribution < -0.4 is 10.4 Å². The maximum atomic E-state index is 5.21. The molecule has 0 spiro atoms. The van der Waals surface area contributed by atoms with Gasteiger partial charge in [0.2, 0.25) is 0 Å². The van der Waals surface area contributed by atoms with Crippen molar-refractivity contribution in [1.29, 1.82) is 0 Å². The fourth-order valence-corrected chi connectivity index (χ4v) is 8.99. The molecule has 260 valence electrons. The third-order valence-corrected chi connectivity index (χ3v) is 11.6. The minimum atomic E-state index is 0.966. The lowest BCUT2D eigenvalue weighted by atomic mass is 9.84. The van der Waals surface area contributed by atoms with Gasteiger partial charge in [0.05, 0.1) is 11.4 Å². The van der Waals surface area contributed by atoms with E-state index in [0.717, 1.165) is 42.8 Å². The third-order valence-electron chi connectivity index (χ3n) is 11.6. The molecule has 2 heteroatoms. The molecule has 0 unspecified atom stereocenters. The van der Waals surface area contributed by atoms with E-state index in [1.807, 2.05) is 0 Å². The Morgan fingerprint density at radius 2 is 1.00 bits per heavy atom. The SMILES string of the molecule is C1=Cc2c(nc(-c3ccc(-c4ccc5c(-c6ccc7ccccc7c6)c6c(c(-c7ccc8ccccc8c7)c5c4)=CCCC=6)cc3)n2-c2ccccc2)CC1. The van der Waals surface area contributed by atoms with Crippen molar-refractivity contribution in [3.8, 4) is 50.5 Å². The van der Waals surface area contributed by atoms with Crippen LogP contribution in [0.15, 0.2) is 164 Å². The summed E-state index contributed by atoms with van der Waals surface area (Å²) in [5.74, 6) is 0.991. The molecule has 1 heterocycles. The first-order valence-electron chi connectivity index (χ1n) is 19.5. The van der Waals surface area contributed by atoms with Crippen LogP contribution >= 0.6 is 0 Å². The maximum absolute atomic E-state index is 5.21. The van der Waals surface area contributed by atoms with Crippen molar-refractivity contribution in [2.75, 3.05) is 0 Å². The molecule has 0 fully saturated rings. The van der Waals surface area contributed by atoms with E-state index in [-0.39, 0.29) is 0 Å². The molecule has 0 aliphatic heterocycles. The fraction of sp³-hybridized carbons (Fsp3) is 0.0755. The summed E-state index contributed by atoms with van der Waals surface area (Å²) in [6.45, 7) is 0. The smallest absolute Gasteiger partial charge is 0.145 e. The molecular formula is C53H38N2. The maximum Gasteiger partial charge on any atom is 0.145 e. The summed E-state index contributed by atoms with van der Waals surface area (Å²) in [6.07, 6.45) is 13.5. The van der Waals surface area contributed by atoms with Crippen LogP contribution in [0.4, 0.5) is 0 Å². The molecule has 11 rings (SSSR count). The zero-order valence-corrected chi connectivity index (χ0v) is 30.5. The highest BCUT2D eigenvalue weighted by atomic mass is 15.1. The van der Waals surface area contributed by atoms with E-state index >= 15 is 0 Å². The van der Waals surface area contributed by atoms with Gasteiger partial charge in [0.1, 0.15) is 5.82 Å². The van der Waals surface area contributed by atoms with Crippen molar-refractivity contribution in [2.24, 2.45) is 0 Å². The first kappa shape index (κ1) is 31.7. The predicted octanol–water partition coefficient (Wildman–Crippen LogP) is 12.3. The third kappa shape index (κ3) is 5.36. The molecule has 0 N–H and O–H groups in total. The average molecular weight is 703 g/mol. The van der Waals surface area contributed by atoms with Gasteiger partial charge in [0.25, 0.3) is 0 Å². The second-order valence-corrected chi connectivity index (χ2v) is 14.9. The quantitative estimate of drug-likeness (QED) is 0.175. The van der Waals surface area contributed by atoms with E-state index < -0.39 is 0 Å². The molecule has 2 aliphatic carbocycles. The Morgan fingerprint density at radius 3 is 1.67 bits per heavy atom. The van der Waals surface area contributed by atoms with Crippen LogP contribution in [0.25, 0.3) is 101 Å². The monoisotopic (exact) mass is 702 g/mol. The highest BCUT2D eigenvalue weighted by Crippen LogP contribution is 2.38. The molecule has 0 amide bonds. The van der Waals surface area contributed by atoms with Crippen molar-refractivity contribution in [3.63, 3.8) is 0 Å². The molecule has 2 nitrogen and oxygen atoms in total. The van der Waals surface area contributed by atoms with Crippen LogP contribution in [0.2, 0.25) is 0 Å². The lowest BCUT2D eigenvalue weighted by Crippen LogP contribution is -2.31. The molecule has 1 aromatic heterocycles. The number of aromatic nitrogens is 2. The van der Waals surface area contributed by atoms with Crippen LogP contribution in [0.5, 0.6) is 0 Å². The summed E-state index contributed by atoms with van der Waals surface area (Å²) in [5, 5.41) is 10.3. The zero-order chi connectivity index (χ0) is 36.3. The predicted molar refractivity (Wildman–Crippen MR) is 233 cm³/mol. The summed E-state index contributed by atoms with van der Waals surface area (Å²) < 4.78 is 2.32. The Labute approximate surface area is 320 Å². The molecule has 8 aromatic carbocycles. The topological polar surface area (TPSA) is 17.8 Å². The standard InChI is InChI=1S/C53H38N2/c1-2-16-44(17-3-1)55-50-21-11-10-20-49(50)54-53(55)38-26-22-37(23-27-38)41-30-31-47-48(34-41)52(43-29-25-36-13-5-7-15-40(36)33-43)46-19-9-8-18-45(46)51(47)42-28-24-35-12-4-6-14-39(35)32-42/h1-7,11-19,21-34H,8-10,20H2. The number of imidazole rings is 1. The second-order valence-electron chi connectivity index (χ2n) is 14.9. The van der Waals surface area contributed by atoms with Crippen LogP contribution in [-0.4, -0.2) is 9.55 Å². The van der Waals surface area contributed by atoms with Gasteiger partial charge in [-0.25, -0.2) is 4.98 Å². The summed E-state index contributed by atoms with van der Waals surface area (Å²) in [4.78, 5) is 5.21. The Kier molecular flexibility index (Phi) is 7.48. The lowest BCUT2D eigenvalue weighted by molar-refractivity contribution is 0.936. The minimum absolute atomic E-state index is 0.966. The van der Waals surface area contributed by atoms with E-state index in [1.165, 1.54) is 87.5 Å². The van der Waals surface area contributed by atoms with Gasteiger partial charge in [-0.3, -0.25) is 4.57 Å². The first-order valence-corrected chi connectivity index (χ1v) is 19.5. The van der Waals surface area contributed by atoms with Crippen LogP contribution in [0, 0.1) is 0 Å². The zero-order valence-electron chi connectivity index (χ0n) is 30.5. The molecule has 0 radical (unpaired) electrons. The van der Waals surface area contributed by atoms with Gasteiger partial charge >= 0.3 is 0 Å². The summed E-state index contributed by atoms with van der Waals surface area (Å²) in [5.41, 5.74) is 12.2. The number of nitrogens with zero attached hydrogens (tertiary/aromatic N) is 2. The number of hydrogen-bond donors (Lipinski definition) is 0. The number of hydrogen-bond acceptors (Lipinski definition) is 1. The van der Waals surface area contributed by atoms with Crippen molar-refractivity contribution in [2.45, 2.75) is 25.7 Å². The van der Waals surface area contributed by atoms with Gasteiger partial charge in [-0.1, -0.05) is 146 Å². The molecule has 0 bridgehead atoms. The van der Waals surface area contributed by atoms with E-state index in [0.29, 0.717) is 0 Å². The summed E-state index contributed by atoms with van der Waals surface area (Å²) in [6, 6.07) is 58.1. The van der Waals surface area contributed by atoms with Crippen molar-refractivity contribution >= 4 is 50.5 Å². The fourth-order valence-electron chi connectivity index (χ4n) is 8.99. The number of aryl methyl sites for hydroxylation is 1. The van der Waals surface area contributed by atoms with Gasteiger partial charge in [-0.2, -0.15) is 0 Å². The number of para-hydroxylation sites is 1. The molecule has 0 saturated carbocycles. The Morgan fingerprint density at radius 1 is 0.436 bits per heavy atom. The normalized spacial score (nSPS) is 13.4. The first-order chi connectivity index (χ1) is 27.3. The summed E-state index contributed by atoms with van der Waals surface area (Å²) >= 11 is 0. The van der Waals surface area contributed by atoms with Gasteiger partial charge in [-0.15, -0.1) is 0 Å². The van der Waals surface area contributed by atoms with Gasteiger partial charge in [-0.05, 0) is 138 Å². The summed E-state index contributed by atoms with van der Waals surface area (Å²) in [7, 11) is 0. The van der Waals surface area contributed by atoms with Gasteiger partial charge < -0.3 is 0 Å². The van der Waals surface area contributed by atoms with Crippen molar-refractivity contribution in [1.82, 2.24) is 9.55 Å². The molecule has 0 saturated heterocycles. The molecule has 0 atom stereocenters. The Bertz CT molecular complexity index is 3130. The minimum Gasteiger partial charge on any atom is -0.293 e. The second kappa shape index (κ2) is 13.0. The van der Waals surface area contributed by atoms with Gasteiger partial charge in [0, 0.05) is 11.3 Å². The molecule has 9 aromatic rings. The van der Waals surface area contributed by atoms with Crippen LogP contribution in [0.1, 0.15) is 30.7 Å². The molecular weight excluding hydrogens is 665 g/mol. The van der Waals surface area contributed by atoms with E-state index in [1.54, 1.807) is 0 Å². The van der Waals surface area contributed by atoms with Crippen LogP contribution in [-0.2, 0) is 6.42 Å². The van der Waals surface area contributed by atoms with E-state index in [2.05, 4.69) is 187 Å². The highest BCUT2D eigenvalue weighted by Gasteiger charge is 2.21. The molecule has 55 heavy (non-hydrogen) atoms. The largest absolute Gasteiger partial charge is 0.293 e. The number of fused-ring (bicyclic) bond motifs is 5.